The molecule has 4 N–H and O–H groups in total. The first kappa shape index (κ1) is 19.8. The smallest absolute Gasteiger partial charge is 0.343 e. The van der Waals surface area contributed by atoms with Gasteiger partial charge in [0.2, 0.25) is 0 Å². The third-order valence-corrected chi connectivity index (χ3v) is 6.28. The molecule has 2 atom stereocenters. The largest absolute Gasteiger partial charge is 0.458 e. The van der Waals surface area contributed by atoms with E-state index in [0.29, 0.717) is 23.8 Å². The molecule has 0 fully saturated rings. The predicted octanol–water partition coefficient (Wildman–Crippen LogP) is 2.47. The number of H-pyrrole nitrogens is 1. The summed E-state index contributed by atoms with van der Waals surface area (Å²) in [5.41, 5.74) is 5.63. The molecule has 0 spiro atoms. The highest BCUT2D eigenvalue weighted by atomic mass is 19.2. The number of ether oxygens (including phenoxy) is 1. The van der Waals surface area contributed by atoms with Crippen molar-refractivity contribution in [3.8, 4) is 11.4 Å². The fourth-order valence-electron chi connectivity index (χ4n) is 4.52. The Bertz CT molecular complexity index is 1340. The number of aromatic amines is 1. The van der Waals surface area contributed by atoms with Gasteiger partial charge in [0.05, 0.1) is 22.5 Å². The van der Waals surface area contributed by atoms with Crippen molar-refractivity contribution < 1.29 is 23.4 Å². The highest BCUT2D eigenvalue weighted by molar-refractivity contribution is 5.90. The van der Waals surface area contributed by atoms with Crippen LogP contribution in [-0.2, 0) is 28.2 Å². The highest BCUT2D eigenvalue weighted by Crippen LogP contribution is 2.39. The summed E-state index contributed by atoms with van der Waals surface area (Å²) in [6.07, 6.45) is 0.752. The molecule has 7 nitrogen and oxygen atoms in total. The maximum Gasteiger partial charge on any atom is 0.343 e. The monoisotopic (exact) mass is 427 g/mol. The molecular formula is C22H19F2N3O4. The Morgan fingerprint density at radius 3 is 2.81 bits per heavy atom. The summed E-state index contributed by atoms with van der Waals surface area (Å²) in [6, 6.07) is 3.72. The van der Waals surface area contributed by atoms with E-state index in [2.05, 4.69) is 9.97 Å². The third kappa shape index (κ3) is 2.73. The van der Waals surface area contributed by atoms with Crippen molar-refractivity contribution in [2.45, 2.75) is 44.4 Å². The number of halogens is 2. The zero-order chi connectivity index (χ0) is 22.1. The number of nitrogens with one attached hydrogen (secondary N) is 1. The Morgan fingerprint density at radius 1 is 1.29 bits per heavy atom. The second-order valence-electron chi connectivity index (χ2n) is 7.98. The molecule has 160 valence electrons. The minimum atomic E-state index is -1.96. The molecule has 0 bridgehead atoms. The SMILES string of the molecule is CC[C@@]1(O)C(=O)OCc2c1cc(-c1cc3c4c(c(F)c(F)cc4n1)CC[C@@H]3N)[nH]c2=O. The van der Waals surface area contributed by atoms with E-state index in [-0.39, 0.29) is 46.6 Å². The van der Waals surface area contributed by atoms with E-state index in [1.165, 1.54) is 6.07 Å². The van der Waals surface area contributed by atoms with Gasteiger partial charge in [0.1, 0.15) is 6.61 Å². The molecule has 5 rings (SSSR count). The van der Waals surface area contributed by atoms with Crippen LogP contribution in [0.1, 0.15) is 48.1 Å². The summed E-state index contributed by atoms with van der Waals surface area (Å²) in [5.74, 6) is -2.73. The van der Waals surface area contributed by atoms with Crippen molar-refractivity contribution >= 4 is 16.9 Å². The highest BCUT2D eigenvalue weighted by Gasteiger charge is 2.44. The molecule has 31 heavy (non-hydrogen) atoms. The number of cyclic esters (lactones) is 1. The zero-order valence-corrected chi connectivity index (χ0v) is 16.6. The second kappa shape index (κ2) is 6.66. The van der Waals surface area contributed by atoms with Crippen LogP contribution >= 0.6 is 0 Å². The zero-order valence-electron chi connectivity index (χ0n) is 16.6. The van der Waals surface area contributed by atoms with Gasteiger partial charge >= 0.3 is 5.97 Å². The number of pyridine rings is 2. The van der Waals surface area contributed by atoms with Crippen molar-refractivity contribution in [3.05, 3.63) is 62.4 Å². The van der Waals surface area contributed by atoms with Crippen LogP contribution in [0.2, 0.25) is 0 Å². The molecule has 1 aliphatic heterocycles. The quantitative estimate of drug-likeness (QED) is 0.541. The number of carbonyl (C=O) groups excluding carboxylic acids is 1. The minimum Gasteiger partial charge on any atom is -0.458 e. The van der Waals surface area contributed by atoms with Gasteiger partial charge in [-0.25, -0.2) is 18.6 Å². The Kier molecular flexibility index (Phi) is 4.25. The van der Waals surface area contributed by atoms with Crippen LogP contribution in [0.5, 0.6) is 0 Å². The maximum atomic E-state index is 14.3. The van der Waals surface area contributed by atoms with Crippen LogP contribution in [-0.4, -0.2) is 21.0 Å². The van der Waals surface area contributed by atoms with Crippen molar-refractivity contribution in [1.82, 2.24) is 9.97 Å². The van der Waals surface area contributed by atoms with E-state index in [0.717, 1.165) is 6.07 Å². The molecule has 9 heteroatoms. The summed E-state index contributed by atoms with van der Waals surface area (Å²) in [7, 11) is 0. The van der Waals surface area contributed by atoms with E-state index in [1.54, 1.807) is 13.0 Å². The predicted molar refractivity (Wildman–Crippen MR) is 107 cm³/mol. The molecule has 0 amide bonds. The summed E-state index contributed by atoms with van der Waals surface area (Å²) >= 11 is 0. The number of aromatic nitrogens is 2. The van der Waals surface area contributed by atoms with E-state index < -0.39 is 34.8 Å². The first-order chi connectivity index (χ1) is 14.7. The fraction of sp³-hybridized carbons (Fsp3) is 0.318. The van der Waals surface area contributed by atoms with Crippen LogP contribution in [0, 0.1) is 11.6 Å². The van der Waals surface area contributed by atoms with Crippen LogP contribution in [0.25, 0.3) is 22.3 Å². The van der Waals surface area contributed by atoms with Gasteiger partial charge in [0, 0.05) is 28.6 Å². The summed E-state index contributed by atoms with van der Waals surface area (Å²) in [6.45, 7) is 1.36. The normalized spacial score (nSPS) is 22.4. The Morgan fingerprint density at radius 2 is 2.06 bits per heavy atom. The second-order valence-corrected chi connectivity index (χ2v) is 7.98. The Balaban J connectivity index is 1.79. The Hall–Kier alpha value is -3.17. The van der Waals surface area contributed by atoms with E-state index in [1.807, 2.05) is 0 Å². The van der Waals surface area contributed by atoms with Crippen LogP contribution < -0.4 is 11.3 Å². The standard InChI is InChI=1S/C22H19F2N3O4/c1-2-22(30)12-6-16(27-20(28)11(12)8-31-21(22)29)15-5-10-14(25)4-3-9-18(10)17(26-15)7-13(23)19(9)24/h5-7,14,30H,2-4,8,25H2,1H3,(H,27,28)/t14-,22-/m0/s1. The van der Waals surface area contributed by atoms with Gasteiger partial charge in [0.15, 0.2) is 17.2 Å². The van der Waals surface area contributed by atoms with Gasteiger partial charge in [0.25, 0.3) is 5.56 Å². The van der Waals surface area contributed by atoms with Gasteiger partial charge in [-0.15, -0.1) is 0 Å². The number of nitrogens with two attached hydrogens (primary N) is 1. The van der Waals surface area contributed by atoms with Crippen molar-refractivity contribution in [3.63, 3.8) is 0 Å². The van der Waals surface area contributed by atoms with Gasteiger partial charge in [-0.2, -0.15) is 0 Å². The number of nitrogens with zero attached hydrogens (tertiary/aromatic N) is 1. The van der Waals surface area contributed by atoms with Crippen molar-refractivity contribution in [2.24, 2.45) is 5.73 Å². The molecule has 0 unspecified atom stereocenters. The molecule has 2 aliphatic rings. The third-order valence-electron chi connectivity index (χ3n) is 6.28. The molecule has 0 saturated heterocycles. The number of benzene rings is 1. The summed E-state index contributed by atoms with van der Waals surface area (Å²) < 4.78 is 33.5. The van der Waals surface area contributed by atoms with Gasteiger partial charge in [-0.1, -0.05) is 6.92 Å². The lowest BCUT2D eigenvalue weighted by atomic mass is 9.85. The average molecular weight is 427 g/mol. The molecule has 1 aromatic carbocycles. The fourth-order valence-corrected chi connectivity index (χ4v) is 4.52. The average Bonchev–Trinajstić information content (AvgIpc) is 2.75. The summed E-state index contributed by atoms with van der Waals surface area (Å²) in [4.78, 5) is 32.0. The summed E-state index contributed by atoms with van der Waals surface area (Å²) in [5, 5.41) is 11.3. The maximum absolute atomic E-state index is 14.3. The van der Waals surface area contributed by atoms with Crippen LogP contribution in [0.3, 0.4) is 0 Å². The minimum absolute atomic E-state index is 0.0108. The number of rotatable bonds is 2. The lowest BCUT2D eigenvalue weighted by molar-refractivity contribution is -0.172. The van der Waals surface area contributed by atoms with Crippen LogP contribution in [0.4, 0.5) is 8.78 Å². The first-order valence-corrected chi connectivity index (χ1v) is 9.98. The number of hydrogen-bond acceptors (Lipinski definition) is 6. The molecule has 3 heterocycles. The molecule has 1 aliphatic carbocycles. The lowest BCUT2D eigenvalue weighted by Gasteiger charge is -2.31. The van der Waals surface area contributed by atoms with Crippen molar-refractivity contribution in [2.75, 3.05) is 0 Å². The van der Waals surface area contributed by atoms with Gasteiger partial charge < -0.3 is 20.6 Å². The topological polar surface area (TPSA) is 118 Å². The number of aliphatic hydroxyl groups is 1. The van der Waals surface area contributed by atoms with E-state index in [4.69, 9.17) is 10.5 Å². The molecule has 0 saturated carbocycles. The lowest BCUT2D eigenvalue weighted by Crippen LogP contribution is -2.43. The van der Waals surface area contributed by atoms with E-state index in [9.17, 15) is 23.5 Å². The molecule has 3 aromatic rings. The Labute approximate surface area is 174 Å². The van der Waals surface area contributed by atoms with Crippen LogP contribution in [0.15, 0.2) is 23.0 Å². The first-order valence-electron chi connectivity index (χ1n) is 9.98. The molecule has 2 aromatic heterocycles. The molecular weight excluding hydrogens is 408 g/mol. The van der Waals surface area contributed by atoms with E-state index >= 15 is 0 Å². The van der Waals surface area contributed by atoms with Crippen molar-refractivity contribution in [1.29, 1.82) is 0 Å². The molecule has 0 radical (unpaired) electrons. The number of hydrogen-bond donors (Lipinski definition) is 3. The van der Waals surface area contributed by atoms with Gasteiger partial charge in [-0.05, 0) is 37.0 Å². The number of aryl methyl sites for hydroxylation is 1. The number of carbonyl (C=O) groups is 1. The number of fused-ring (bicyclic) bond motifs is 1. The van der Waals surface area contributed by atoms with Gasteiger partial charge in [-0.3, -0.25) is 4.79 Å². The number of esters is 1.